The summed E-state index contributed by atoms with van der Waals surface area (Å²) >= 11 is 0. The van der Waals surface area contributed by atoms with Gasteiger partial charge >= 0.3 is 5.97 Å². The number of aryl methyl sites for hydroxylation is 1. The lowest BCUT2D eigenvalue weighted by Crippen LogP contribution is -2.01. The summed E-state index contributed by atoms with van der Waals surface area (Å²) in [6.07, 6.45) is 0. The minimum Gasteiger partial charge on any atom is -0.478 e. The maximum absolute atomic E-state index is 11.2. The molecule has 2 aromatic rings. The van der Waals surface area contributed by atoms with E-state index in [-0.39, 0.29) is 5.56 Å². The minimum absolute atomic E-state index is 0.179. The van der Waals surface area contributed by atoms with Crippen molar-refractivity contribution in [2.24, 2.45) is 0 Å². The highest BCUT2D eigenvalue weighted by atomic mass is 16.4. The summed E-state index contributed by atoms with van der Waals surface area (Å²) in [7, 11) is 0. The molecule has 0 aromatic heterocycles. The van der Waals surface area contributed by atoms with Gasteiger partial charge in [0.25, 0.3) is 0 Å². The standard InChI is InChI=1S/C14H14N2O2/c1-8-2-3-9(6-13(8)16)11-5-4-10(15)7-12(11)14(17)18/h2-7H,15-16H2,1H3,(H,17,18). The molecule has 2 rings (SSSR count). The molecular formula is C14H14N2O2. The highest BCUT2D eigenvalue weighted by Crippen LogP contribution is 2.28. The Balaban J connectivity index is 2.63. The van der Waals surface area contributed by atoms with Gasteiger partial charge in [-0.3, -0.25) is 0 Å². The summed E-state index contributed by atoms with van der Waals surface area (Å²) in [5.74, 6) is -1.00. The zero-order valence-corrected chi connectivity index (χ0v) is 9.97. The predicted octanol–water partition coefficient (Wildman–Crippen LogP) is 2.52. The fraction of sp³-hybridized carbons (Fsp3) is 0.0714. The van der Waals surface area contributed by atoms with E-state index >= 15 is 0 Å². The molecule has 18 heavy (non-hydrogen) atoms. The molecule has 0 aliphatic carbocycles. The largest absolute Gasteiger partial charge is 0.478 e. The fourth-order valence-corrected chi connectivity index (χ4v) is 1.80. The quantitative estimate of drug-likeness (QED) is 0.706. The summed E-state index contributed by atoms with van der Waals surface area (Å²) < 4.78 is 0. The number of carboxylic acid groups (broad SMARTS) is 1. The summed E-state index contributed by atoms with van der Waals surface area (Å²) in [6, 6.07) is 10.3. The van der Waals surface area contributed by atoms with Gasteiger partial charge in [-0.2, -0.15) is 0 Å². The van der Waals surface area contributed by atoms with Gasteiger partial charge in [0.05, 0.1) is 5.56 Å². The summed E-state index contributed by atoms with van der Waals surface area (Å²) in [4.78, 5) is 11.2. The molecule has 0 atom stereocenters. The average molecular weight is 242 g/mol. The number of hydrogen-bond donors (Lipinski definition) is 3. The normalized spacial score (nSPS) is 10.3. The zero-order chi connectivity index (χ0) is 13.3. The Labute approximate surface area is 105 Å². The van der Waals surface area contributed by atoms with Crippen LogP contribution < -0.4 is 11.5 Å². The van der Waals surface area contributed by atoms with Crippen LogP contribution in [-0.2, 0) is 0 Å². The third-order valence-corrected chi connectivity index (χ3v) is 2.86. The van der Waals surface area contributed by atoms with Gasteiger partial charge < -0.3 is 16.6 Å². The van der Waals surface area contributed by atoms with Gasteiger partial charge in [0, 0.05) is 11.4 Å². The van der Waals surface area contributed by atoms with Crippen LogP contribution in [0.1, 0.15) is 15.9 Å². The Morgan fingerprint density at radius 2 is 1.83 bits per heavy atom. The van der Waals surface area contributed by atoms with Crippen molar-refractivity contribution < 1.29 is 9.90 Å². The van der Waals surface area contributed by atoms with Crippen molar-refractivity contribution in [1.29, 1.82) is 0 Å². The van der Waals surface area contributed by atoms with Crippen molar-refractivity contribution in [2.75, 3.05) is 11.5 Å². The number of anilines is 2. The first kappa shape index (κ1) is 12.0. The highest BCUT2D eigenvalue weighted by molar-refractivity contribution is 5.97. The smallest absolute Gasteiger partial charge is 0.336 e. The van der Waals surface area contributed by atoms with Crippen molar-refractivity contribution in [2.45, 2.75) is 6.92 Å². The summed E-state index contributed by atoms with van der Waals surface area (Å²) in [5, 5.41) is 9.19. The van der Waals surface area contributed by atoms with Crippen LogP contribution >= 0.6 is 0 Å². The molecule has 4 nitrogen and oxygen atoms in total. The Morgan fingerprint density at radius 3 is 2.44 bits per heavy atom. The first-order valence-corrected chi connectivity index (χ1v) is 5.48. The van der Waals surface area contributed by atoms with Gasteiger partial charge in [-0.05, 0) is 41.8 Å². The molecule has 92 valence electrons. The van der Waals surface area contributed by atoms with E-state index in [1.165, 1.54) is 6.07 Å². The van der Waals surface area contributed by atoms with Gasteiger partial charge in [-0.1, -0.05) is 18.2 Å². The molecule has 0 heterocycles. The predicted molar refractivity (Wildman–Crippen MR) is 72.4 cm³/mol. The SMILES string of the molecule is Cc1ccc(-c2ccc(N)cc2C(=O)O)cc1N. The lowest BCUT2D eigenvalue weighted by atomic mass is 9.97. The lowest BCUT2D eigenvalue weighted by molar-refractivity contribution is 0.0698. The molecule has 0 amide bonds. The van der Waals surface area contributed by atoms with Crippen LogP contribution in [0, 0.1) is 6.92 Å². The van der Waals surface area contributed by atoms with E-state index in [0.29, 0.717) is 16.9 Å². The number of rotatable bonds is 2. The number of nitrogens with two attached hydrogens (primary N) is 2. The van der Waals surface area contributed by atoms with E-state index in [1.807, 2.05) is 19.1 Å². The Kier molecular flexibility index (Phi) is 2.93. The summed E-state index contributed by atoms with van der Waals surface area (Å²) in [5.41, 5.74) is 15.0. The van der Waals surface area contributed by atoms with Crippen LogP contribution in [0.25, 0.3) is 11.1 Å². The Morgan fingerprint density at radius 1 is 1.11 bits per heavy atom. The molecule has 0 saturated heterocycles. The first-order valence-electron chi connectivity index (χ1n) is 5.48. The third kappa shape index (κ3) is 2.13. The van der Waals surface area contributed by atoms with E-state index in [9.17, 15) is 9.90 Å². The number of carboxylic acids is 1. The average Bonchev–Trinajstić information content (AvgIpc) is 2.32. The van der Waals surface area contributed by atoms with Gasteiger partial charge in [-0.25, -0.2) is 4.79 Å². The maximum Gasteiger partial charge on any atom is 0.336 e. The van der Waals surface area contributed by atoms with E-state index in [4.69, 9.17) is 11.5 Å². The van der Waals surface area contributed by atoms with Crippen molar-refractivity contribution >= 4 is 17.3 Å². The molecule has 5 N–H and O–H groups in total. The molecule has 4 heteroatoms. The fourth-order valence-electron chi connectivity index (χ4n) is 1.80. The molecule has 0 aliphatic rings. The van der Waals surface area contributed by atoms with Crippen LogP contribution in [0.4, 0.5) is 11.4 Å². The molecule has 0 fully saturated rings. The second-order valence-corrected chi connectivity index (χ2v) is 4.18. The molecular weight excluding hydrogens is 228 g/mol. The van der Waals surface area contributed by atoms with Crippen molar-refractivity contribution in [3.05, 3.63) is 47.5 Å². The van der Waals surface area contributed by atoms with Crippen LogP contribution in [-0.4, -0.2) is 11.1 Å². The Hall–Kier alpha value is -2.49. The van der Waals surface area contributed by atoms with Crippen LogP contribution in [0.3, 0.4) is 0 Å². The minimum atomic E-state index is -1.00. The second kappa shape index (κ2) is 4.41. The van der Waals surface area contributed by atoms with Gasteiger partial charge in [0.1, 0.15) is 0 Å². The number of carbonyl (C=O) groups is 1. The van der Waals surface area contributed by atoms with Crippen molar-refractivity contribution in [3.63, 3.8) is 0 Å². The van der Waals surface area contributed by atoms with Gasteiger partial charge in [-0.15, -0.1) is 0 Å². The van der Waals surface area contributed by atoms with E-state index < -0.39 is 5.97 Å². The monoisotopic (exact) mass is 242 g/mol. The molecule has 2 aromatic carbocycles. The number of benzene rings is 2. The zero-order valence-electron chi connectivity index (χ0n) is 9.97. The lowest BCUT2D eigenvalue weighted by Gasteiger charge is -2.09. The third-order valence-electron chi connectivity index (χ3n) is 2.86. The van der Waals surface area contributed by atoms with Gasteiger partial charge in [0.15, 0.2) is 0 Å². The molecule has 0 radical (unpaired) electrons. The molecule has 0 bridgehead atoms. The molecule has 0 aliphatic heterocycles. The Bertz CT molecular complexity index is 621. The summed E-state index contributed by atoms with van der Waals surface area (Å²) in [6.45, 7) is 1.90. The topological polar surface area (TPSA) is 89.3 Å². The van der Waals surface area contributed by atoms with E-state index in [1.54, 1.807) is 18.2 Å². The number of nitrogen functional groups attached to an aromatic ring is 2. The van der Waals surface area contributed by atoms with Crippen molar-refractivity contribution in [3.8, 4) is 11.1 Å². The number of aromatic carboxylic acids is 1. The molecule has 0 spiro atoms. The van der Waals surface area contributed by atoms with Crippen LogP contribution in [0.15, 0.2) is 36.4 Å². The highest BCUT2D eigenvalue weighted by Gasteiger charge is 2.12. The van der Waals surface area contributed by atoms with Crippen molar-refractivity contribution in [1.82, 2.24) is 0 Å². The number of hydrogen-bond acceptors (Lipinski definition) is 3. The van der Waals surface area contributed by atoms with Crippen LogP contribution in [0.2, 0.25) is 0 Å². The first-order chi connectivity index (χ1) is 8.49. The second-order valence-electron chi connectivity index (χ2n) is 4.18. The molecule has 0 unspecified atom stereocenters. The maximum atomic E-state index is 11.2. The van der Waals surface area contributed by atoms with E-state index in [2.05, 4.69) is 0 Å². The van der Waals surface area contributed by atoms with E-state index in [0.717, 1.165) is 11.1 Å². The van der Waals surface area contributed by atoms with Gasteiger partial charge in [0.2, 0.25) is 0 Å². The van der Waals surface area contributed by atoms with Crippen LogP contribution in [0.5, 0.6) is 0 Å². The molecule has 0 saturated carbocycles.